The molecule has 2 aromatic heterocycles. The first-order chi connectivity index (χ1) is 12.1. The Balaban J connectivity index is 2.07. The highest BCUT2D eigenvalue weighted by molar-refractivity contribution is 5.52. The van der Waals surface area contributed by atoms with Crippen molar-refractivity contribution in [1.29, 1.82) is 0 Å². The van der Waals surface area contributed by atoms with Crippen molar-refractivity contribution in [3.8, 4) is 11.4 Å². The molecule has 0 bridgehead atoms. The number of hydrogen-bond acceptors (Lipinski definition) is 5. The summed E-state index contributed by atoms with van der Waals surface area (Å²) in [6, 6.07) is 9.78. The summed E-state index contributed by atoms with van der Waals surface area (Å²) in [6.45, 7) is 0.955. The molecule has 0 spiro atoms. The average molecular weight is 341 g/mol. The molecule has 0 saturated carbocycles. The quantitative estimate of drug-likeness (QED) is 0.707. The number of ether oxygens (including phenoxy) is 1. The summed E-state index contributed by atoms with van der Waals surface area (Å²) in [4.78, 5) is 30.6. The fourth-order valence-corrected chi connectivity index (χ4v) is 2.48. The standard InChI is InChI=1S/C17H19N5O3/c1-21-11-13(16(23)19-17(21)24)15-18-14(8-9-25-2)20-22(15)10-12-6-4-3-5-7-12/h3-7,11H,8-10H2,1-2H3,(H,19,23,24). The molecule has 0 aliphatic carbocycles. The lowest BCUT2D eigenvalue weighted by molar-refractivity contribution is 0.200. The van der Waals surface area contributed by atoms with E-state index in [2.05, 4.69) is 15.1 Å². The van der Waals surface area contributed by atoms with Crippen molar-refractivity contribution in [3.05, 3.63) is 68.8 Å². The lowest BCUT2D eigenvalue weighted by Gasteiger charge is -2.06. The Morgan fingerprint density at radius 3 is 2.68 bits per heavy atom. The number of methoxy groups -OCH3 is 1. The van der Waals surface area contributed by atoms with E-state index in [1.807, 2.05) is 30.3 Å². The summed E-state index contributed by atoms with van der Waals surface area (Å²) in [7, 11) is 3.19. The Morgan fingerprint density at radius 2 is 1.96 bits per heavy atom. The number of nitrogens with zero attached hydrogens (tertiary/aromatic N) is 4. The van der Waals surface area contributed by atoms with Gasteiger partial charge in [-0.2, -0.15) is 5.10 Å². The molecule has 0 unspecified atom stereocenters. The van der Waals surface area contributed by atoms with Crippen molar-refractivity contribution in [2.24, 2.45) is 7.05 Å². The van der Waals surface area contributed by atoms with E-state index in [9.17, 15) is 9.59 Å². The Bertz CT molecular complexity index is 972. The van der Waals surface area contributed by atoms with Gasteiger partial charge < -0.3 is 9.30 Å². The van der Waals surface area contributed by atoms with Crippen LogP contribution in [0, 0.1) is 0 Å². The molecule has 0 saturated heterocycles. The Hall–Kier alpha value is -3.00. The van der Waals surface area contributed by atoms with Crippen LogP contribution in [0.25, 0.3) is 11.4 Å². The second-order valence-electron chi connectivity index (χ2n) is 5.65. The molecule has 0 atom stereocenters. The highest BCUT2D eigenvalue weighted by Crippen LogP contribution is 2.14. The predicted octanol–water partition coefficient (Wildman–Crippen LogP) is 0.569. The van der Waals surface area contributed by atoms with Gasteiger partial charge in [-0.3, -0.25) is 9.78 Å². The van der Waals surface area contributed by atoms with Crippen LogP contribution in [0.5, 0.6) is 0 Å². The van der Waals surface area contributed by atoms with E-state index in [1.54, 1.807) is 18.8 Å². The number of aromatic nitrogens is 5. The second kappa shape index (κ2) is 7.27. The van der Waals surface area contributed by atoms with Gasteiger partial charge in [-0.05, 0) is 5.56 Å². The summed E-state index contributed by atoms with van der Waals surface area (Å²) in [5.41, 5.74) is 0.382. The fraction of sp³-hybridized carbons (Fsp3) is 0.294. The molecule has 130 valence electrons. The average Bonchev–Trinajstić information content (AvgIpc) is 2.99. The van der Waals surface area contributed by atoms with Crippen LogP contribution in [0.15, 0.2) is 46.1 Å². The van der Waals surface area contributed by atoms with Crippen LogP contribution in [0.1, 0.15) is 11.4 Å². The van der Waals surface area contributed by atoms with Crippen molar-refractivity contribution in [3.63, 3.8) is 0 Å². The molecule has 8 heteroatoms. The van der Waals surface area contributed by atoms with Gasteiger partial charge in [-0.1, -0.05) is 30.3 Å². The molecule has 0 amide bonds. The van der Waals surface area contributed by atoms with E-state index < -0.39 is 11.2 Å². The minimum atomic E-state index is -0.483. The first-order valence-electron chi connectivity index (χ1n) is 7.85. The first kappa shape index (κ1) is 16.8. The Kier molecular flexibility index (Phi) is 4.90. The highest BCUT2D eigenvalue weighted by atomic mass is 16.5. The van der Waals surface area contributed by atoms with Crippen LogP contribution in [0.4, 0.5) is 0 Å². The van der Waals surface area contributed by atoms with Gasteiger partial charge in [0.1, 0.15) is 5.56 Å². The van der Waals surface area contributed by atoms with Crippen LogP contribution in [-0.4, -0.2) is 38.0 Å². The third-order valence-corrected chi connectivity index (χ3v) is 3.77. The molecule has 2 heterocycles. The normalized spacial score (nSPS) is 11.0. The first-order valence-corrected chi connectivity index (χ1v) is 7.85. The molecule has 1 aromatic carbocycles. The van der Waals surface area contributed by atoms with E-state index >= 15 is 0 Å². The molecular formula is C17H19N5O3. The van der Waals surface area contributed by atoms with E-state index in [4.69, 9.17) is 4.74 Å². The topological polar surface area (TPSA) is 94.8 Å². The Labute approximate surface area is 143 Å². The van der Waals surface area contributed by atoms with Gasteiger partial charge in [0, 0.05) is 26.8 Å². The number of H-pyrrole nitrogens is 1. The SMILES string of the molecule is COCCc1nc(-c2cn(C)c(=O)[nH]c2=O)n(Cc2ccccc2)n1. The highest BCUT2D eigenvalue weighted by Gasteiger charge is 2.16. The van der Waals surface area contributed by atoms with E-state index in [-0.39, 0.29) is 0 Å². The summed E-state index contributed by atoms with van der Waals surface area (Å²) < 4.78 is 8.06. The van der Waals surface area contributed by atoms with Gasteiger partial charge in [0.05, 0.1) is 13.2 Å². The number of aryl methyl sites for hydroxylation is 1. The molecule has 0 fully saturated rings. The molecule has 25 heavy (non-hydrogen) atoms. The maximum absolute atomic E-state index is 12.2. The molecule has 0 radical (unpaired) electrons. The van der Waals surface area contributed by atoms with E-state index in [1.165, 1.54) is 10.8 Å². The van der Waals surface area contributed by atoms with Crippen molar-refractivity contribution >= 4 is 0 Å². The molecule has 0 aliphatic heterocycles. The van der Waals surface area contributed by atoms with Crippen LogP contribution < -0.4 is 11.2 Å². The molecule has 0 aliphatic rings. The van der Waals surface area contributed by atoms with E-state index in [0.29, 0.717) is 36.8 Å². The molecule has 3 rings (SSSR count). The minimum absolute atomic E-state index is 0.300. The summed E-state index contributed by atoms with van der Waals surface area (Å²) in [5.74, 6) is 1.01. The maximum Gasteiger partial charge on any atom is 0.328 e. The lowest BCUT2D eigenvalue weighted by Crippen LogP contribution is -2.29. The lowest BCUT2D eigenvalue weighted by atomic mass is 10.2. The van der Waals surface area contributed by atoms with Crippen LogP contribution in [-0.2, 0) is 24.8 Å². The molecule has 3 aromatic rings. The number of benzene rings is 1. The number of nitrogens with one attached hydrogen (secondary N) is 1. The largest absolute Gasteiger partial charge is 0.384 e. The monoisotopic (exact) mass is 341 g/mol. The summed E-state index contributed by atoms with van der Waals surface area (Å²) in [5, 5.41) is 4.50. The van der Waals surface area contributed by atoms with Crippen molar-refractivity contribution in [1.82, 2.24) is 24.3 Å². The zero-order valence-corrected chi connectivity index (χ0v) is 14.1. The van der Waals surface area contributed by atoms with E-state index in [0.717, 1.165) is 5.56 Å². The zero-order chi connectivity index (χ0) is 17.8. The Morgan fingerprint density at radius 1 is 1.20 bits per heavy atom. The number of hydrogen-bond donors (Lipinski definition) is 1. The smallest absolute Gasteiger partial charge is 0.328 e. The van der Waals surface area contributed by atoms with Crippen LogP contribution in [0.3, 0.4) is 0 Å². The zero-order valence-electron chi connectivity index (χ0n) is 14.1. The third kappa shape index (κ3) is 3.74. The van der Waals surface area contributed by atoms with Crippen LogP contribution in [0.2, 0.25) is 0 Å². The van der Waals surface area contributed by atoms with Gasteiger partial charge in [0.2, 0.25) is 0 Å². The van der Waals surface area contributed by atoms with Crippen LogP contribution >= 0.6 is 0 Å². The second-order valence-corrected chi connectivity index (χ2v) is 5.65. The third-order valence-electron chi connectivity index (χ3n) is 3.77. The minimum Gasteiger partial charge on any atom is -0.384 e. The van der Waals surface area contributed by atoms with Gasteiger partial charge >= 0.3 is 5.69 Å². The van der Waals surface area contributed by atoms with Gasteiger partial charge in [0.15, 0.2) is 11.6 Å². The van der Waals surface area contributed by atoms with Gasteiger partial charge in [-0.25, -0.2) is 14.5 Å². The number of rotatable bonds is 6. The fourth-order valence-electron chi connectivity index (χ4n) is 2.48. The van der Waals surface area contributed by atoms with Crippen molar-refractivity contribution < 1.29 is 4.74 Å². The predicted molar refractivity (Wildman–Crippen MR) is 92.4 cm³/mol. The molecule has 8 nitrogen and oxygen atoms in total. The van der Waals surface area contributed by atoms with Crippen molar-refractivity contribution in [2.45, 2.75) is 13.0 Å². The number of aromatic amines is 1. The van der Waals surface area contributed by atoms with Crippen molar-refractivity contribution in [2.75, 3.05) is 13.7 Å². The van der Waals surface area contributed by atoms with Gasteiger partial charge in [0.25, 0.3) is 5.56 Å². The summed E-state index contributed by atoms with van der Waals surface area (Å²) in [6.07, 6.45) is 2.02. The maximum atomic E-state index is 12.2. The summed E-state index contributed by atoms with van der Waals surface area (Å²) >= 11 is 0. The van der Waals surface area contributed by atoms with Gasteiger partial charge in [-0.15, -0.1) is 0 Å². The molecular weight excluding hydrogens is 322 g/mol. The molecule has 1 N–H and O–H groups in total.